The third kappa shape index (κ3) is 2.10. The Morgan fingerprint density at radius 1 is 1.33 bits per heavy atom. The second kappa shape index (κ2) is 5.02. The summed E-state index contributed by atoms with van der Waals surface area (Å²) in [6, 6.07) is 5.81. The predicted molar refractivity (Wildman–Crippen MR) is 74.9 cm³/mol. The highest BCUT2D eigenvalue weighted by Gasteiger charge is 2.27. The van der Waals surface area contributed by atoms with E-state index in [1.807, 2.05) is 18.2 Å². The lowest BCUT2D eigenvalue weighted by Crippen LogP contribution is -2.29. The lowest BCUT2D eigenvalue weighted by Gasteiger charge is -2.29. The van der Waals surface area contributed by atoms with E-state index in [0.29, 0.717) is 4.77 Å². The maximum absolute atomic E-state index is 5.37. The molecule has 2 heterocycles. The Morgan fingerprint density at radius 3 is 2.61 bits per heavy atom. The van der Waals surface area contributed by atoms with Crippen LogP contribution < -0.4 is 0 Å². The Morgan fingerprint density at radius 2 is 2.06 bits per heavy atom. The molecule has 2 aromatic heterocycles. The van der Waals surface area contributed by atoms with Crippen molar-refractivity contribution in [3.05, 3.63) is 29.2 Å². The number of pyridine rings is 1. The number of aromatic nitrogens is 4. The zero-order valence-electron chi connectivity index (χ0n) is 11.0. The summed E-state index contributed by atoms with van der Waals surface area (Å²) >= 11 is 5.37. The van der Waals surface area contributed by atoms with Crippen LogP contribution in [0, 0.1) is 4.77 Å². The summed E-state index contributed by atoms with van der Waals surface area (Å²) in [4.78, 5) is 4.36. The van der Waals surface area contributed by atoms with Gasteiger partial charge in [-0.3, -0.25) is 14.6 Å². The monoisotopic (exact) mass is 262 g/mol. The molecule has 96 valence electrons. The molecule has 0 aliphatic carbocycles. The fraction of sp³-hybridized carbons (Fsp3) is 0.462. The van der Waals surface area contributed by atoms with Gasteiger partial charge >= 0.3 is 0 Å². The molecule has 4 nitrogen and oxygen atoms in total. The average molecular weight is 262 g/mol. The van der Waals surface area contributed by atoms with Crippen LogP contribution in [0.2, 0.25) is 0 Å². The van der Waals surface area contributed by atoms with Gasteiger partial charge in [-0.1, -0.05) is 19.9 Å². The minimum Gasteiger partial charge on any atom is -0.293 e. The Kier molecular flexibility index (Phi) is 3.61. The highest BCUT2D eigenvalue weighted by atomic mass is 32.1. The molecule has 0 bridgehead atoms. The van der Waals surface area contributed by atoms with Crippen molar-refractivity contribution in [3.63, 3.8) is 0 Å². The van der Waals surface area contributed by atoms with Crippen molar-refractivity contribution in [2.45, 2.75) is 39.2 Å². The van der Waals surface area contributed by atoms with Crippen LogP contribution in [0.15, 0.2) is 24.4 Å². The largest absolute Gasteiger partial charge is 0.293 e. The van der Waals surface area contributed by atoms with Gasteiger partial charge < -0.3 is 0 Å². The van der Waals surface area contributed by atoms with E-state index >= 15 is 0 Å². The van der Waals surface area contributed by atoms with Gasteiger partial charge in [0.1, 0.15) is 5.69 Å². The lowest BCUT2D eigenvalue weighted by molar-refractivity contribution is 0.293. The fourth-order valence-electron chi connectivity index (χ4n) is 2.03. The number of H-pyrrole nitrogens is 1. The molecule has 2 rings (SSSR count). The van der Waals surface area contributed by atoms with E-state index in [2.05, 4.69) is 40.5 Å². The van der Waals surface area contributed by atoms with Crippen molar-refractivity contribution in [2.75, 3.05) is 0 Å². The smallest absolute Gasteiger partial charge is 0.196 e. The van der Waals surface area contributed by atoms with Crippen LogP contribution in [0.25, 0.3) is 11.5 Å². The first kappa shape index (κ1) is 13.0. The summed E-state index contributed by atoms with van der Waals surface area (Å²) in [6.45, 7) is 6.53. The van der Waals surface area contributed by atoms with E-state index in [9.17, 15) is 0 Å². The van der Waals surface area contributed by atoms with Crippen LogP contribution in [-0.2, 0) is 5.54 Å². The third-order valence-electron chi connectivity index (χ3n) is 3.63. The minimum absolute atomic E-state index is 0.0308. The van der Waals surface area contributed by atoms with Crippen molar-refractivity contribution >= 4 is 12.2 Å². The van der Waals surface area contributed by atoms with Gasteiger partial charge in [0.15, 0.2) is 10.6 Å². The molecule has 0 fully saturated rings. The van der Waals surface area contributed by atoms with Crippen LogP contribution in [-0.4, -0.2) is 19.7 Å². The first-order valence-corrected chi connectivity index (χ1v) is 6.62. The van der Waals surface area contributed by atoms with Crippen molar-refractivity contribution in [1.29, 1.82) is 0 Å². The summed E-state index contributed by atoms with van der Waals surface area (Å²) < 4.78 is 2.74. The van der Waals surface area contributed by atoms with Gasteiger partial charge in [-0.05, 0) is 44.1 Å². The number of nitrogens with zero attached hydrogens (tertiary/aromatic N) is 3. The Bertz CT molecular complexity index is 566. The Balaban J connectivity index is 2.62. The van der Waals surface area contributed by atoms with Crippen molar-refractivity contribution in [1.82, 2.24) is 19.7 Å². The molecule has 0 aliphatic rings. The SMILES string of the molecule is CCC(C)(CC)n1c(-c2ccccn2)n[nH]c1=S. The summed E-state index contributed by atoms with van der Waals surface area (Å²) in [6.07, 6.45) is 3.76. The first-order valence-electron chi connectivity index (χ1n) is 6.21. The van der Waals surface area contributed by atoms with Crippen LogP contribution in [0.1, 0.15) is 33.6 Å². The molecule has 1 N–H and O–H groups in total. The molecule has 0 amide bonds. The molecule has 2 aromatic rings. The summed E-state index contributed by atoms with van der Waals surface area (Å²) in [5.74, 6) is 0.812. The zero-order chi connectivity index (χ0) is 13.2. The first-order chi connectivity index (χ1) is 8.62. The fourth-order valence-corrected chi connectivity index (χ4v) is 2.38. The van der Waals surface area contributed by atoms with E-state index in [1.165, 1.54) is 0 Å². The van der Waals surface area contributed by atoms with Gasteiger partial charge in [-0.25, -0.2) is 0 Å². The second-order valence-corrected chi connectivity index (χ2v) is 4.99. The molecule has 0 saturated carbocycles. The molecular formula is C13H18N4S. The lowest BCUT2D eigenvalue weighted by atomic mass is 9.95. The second-order valence-electron chi connectivity index (χ2n) is 4.61. The summed E-state index contributed by atoms with van der Waals surface area (Å²) in [5.41, 5.74) is 0.815. The van der Waals surface area contributed by atoms with Gasteiger partial charge in [0.2, 0.25) is 0 Å². The third-order valence-corrected chi connectivity index (χ3v) is 3.90. The highest BCUT2D eigenvalue weighted by Crippen LogP contribution is 2.29. The van der Waals surface area contributed by atoms with Crippen LogP contribution in [0.4, 0.5) is 0 Å². The maximum Gasteiger partial charge on any atom is 0.196 e. The standard InChI is InChI=1S/C13H18N4S/c1-4-13(3,5-2)17-11(15-16-12(17)18)10-8-6-7-9-14-10/h6-9H,4-5H2,1-3H3,(H,16,18). The molecule has 0 aliphatic heterocycles. The van der Waals surface area contributed by atoms with E-state index in [-0.39, 0.29) is 5.54 Å². The number of hydrogen-bond acceptors (Lipinski definition) is 3. The van der Waals surface area contributed by atoms with E-state index in [1.54, 1.807) is 6.20 Å². The number of aromatic amines is 1. The molecular weight excluding hydrogens is 244 g/mol. The summed E-state index contributed by atoms with van der Waals surface area (Å²) in [5, 5.41) is 7.22. The van der Waals surface area contributed by atoms with Gasteiger partial charge in [0.05, 0.1) is 0 Å². The predicted octanol–water partition coefficient (Wildman–Crippen LogP) is 3.54. The van der Waals surface area contributed by atoms with Gasteiger partial charge in [0.25, 0.3) is 0 Å². The summed E-state index contributed by atoms with van der Waals surface area (Å²) in [7, 11) is 0. The van der Waals surface area contributed by atoms with E-state index < -0.39 is 0 Å². The van der Waals surface area contributed by atoms with Crippen molar-refractivity contribution in [2.24, 2.45) is 0 Å². The van der Waals surface area contributed by atoms with Gasteiger partial charge in [-0.15, -0.1) is 0 Å². The van der Waals surface area contributed by atoms with Gasteiger partial charge in [-0.2, -0.15) is 5.10 Å². The molecule has 0 aromatic carbocycles. The molecule has 0 unspecified atom stereocenters. The Labute approximate surface area is 112 Å². The molecule has 0 saturated heterocycles. The highest BCUT2D eigenvalue weighted by molar-refractivity contribution is 7.71. The Hall–Kier alpha value is -1.49. The molecule has 18 heavy (non-hydrogen) atoms. The number of rotatable bonds is 4. The van der Waals surface area contributed by atoms with Gasteiger partial charge in [0, 0.05) is 11.7 Å². The molecule has 0 spiro atoms. The molecule has 0 atom stereocenters. The van der Waals surface area contributed by atoms with Crippen molar-refractivity contribution in [3.8, 4) is 11.5 Å². The van der Waals surface area contributed by atoms with Crippen molar-refractivity contribution < 1.29 is 0 Å². The van der Waals surface area contributed by atoms with Crippen LogP contribution in [0.3, 0.4) is 0 Å². The van der Waals surface area contributed by atoms with Crippen LogP contribution >= 0.6 is 12.2 Å². The normalized spacial score (nSPS) is 11.7. The quantitative estimate of drug-likeness (QED) is 0.857. The minimum atomic E-state index is -0.0308. The molecule has 0 radical (unpaired) electrons. The van der Waals surface area contributed by atoms with Crippen LogP contribution in [0.5, 0.6) is 0 Å². The van der Waals surface area contributed by atoms with E-state index in [0.717, 1.165) is 24.4 Å². The maximum atomic E-state index is 5.37. The molecule has 5 heteroatoms. The number of nitrogens with one attached hydrogen (secondary N) is 1. The zero-order valence-corrected chi connectivity index (χ0v) is 11.8. The van der Waals surface area contributed by atoms with E-state index in [4.69, 9.17) is 12.2 Å². The average Bonchev–Trinajstić information content (AvgIpc) is 2.81. The topological polar surface area (TPSA) is 46.5 Å². The number of hydrogen-bond donors (Lipinski definition) is 1.